The Hall–Kier alpha value is -1.03. The van der Waals surface area contributed by atoms with Gasteiger partial charge < -0.3 is 9.73 Å². The molecule has 2 aromatic rings. The van der Waals surface area contributed by atoms with Crippen molar-refractivity contribution in [1.82, 2.24) is 5.32 Å². The second-order valence-electron chi connectivity index (χ2n) is 4.07. The molecular weight excluding hydrogens is 288 g/mol. The van der Waals surface area contributed by atoms with Crippen molar-refractivity contribution in [2.75, 3.05) is 6.54 Å². The highest BCUT2D eigenvalue weighted by Crippen LogP contribution is 2.26. The third-order valence-electron chi connectivity index (χ3n) is 2.59. The minimum atomic E-state index is -0.420. The van der Waals surface area contributed by atoms with Crippen LogP contribution in [-0.4, -0.2) is 6.54 Å². The van der Waals surface area contributed by atoms with Crippen LogP contribution in [0.1, 0.15) is 19.1 Å². The van der Waals surface area contributed by atoms with E-state index in [-0.39, 0.29) is 17.4 Å². The zero-order valence-electron chi connectivity index (χ0n) is 10.6. The Bertz CT molecular complexity index is 528. The van der Waals surface area contributed by atoms with Gasteiger partial charge in [-0.2, -0.15) is 0 Å². The molecule has 19 heavy (non-hydrogen) atoms. The third-order valence-corrected chi connectivity index (χ3v) is 2.88. The highest BCUT2D eigenvalue weighted by Gasteiger charge is 2.07. The van der Waals surface area contributed by atoms with Crippen LogP contribution in [0.2, 0.25) is 5.02 Å². The largest absolute Gasteiger partial charge is 0.460 e. The van der Waals surface area contributed by atoms with E-state index in [9.17, 15) is 4.39 Å². The predicted molar refractivity (Wildman–Crippen MR) is 78.4 cm³/mol. The molecule has 1 N–H and O–H groups in total. The van der Waals surface area contributed by atoms with Crippen molar-refractivity contribution in [3.63, 3.8) is 0 Å². The van der Waals surface area contributed by atoms with Crippen molar-refractivity contribution in [3.05, 3.63) is 46.9 Å². The summed E-state index contributed by atoms with van der Waals surface area (Å²) in [7, 11) is 0. The molecule has 1 aromatic heterocycles. The van der Waals surface area contributed by atoms with Crippen molar-refractivity contribution in [2.45, 2.75) is 19.9 Å². The molecule has 0 radical (unpaired) electrons. The average Bonchev–Trinajstić information content (AvgIpc) is 2.82. The molecule has 1 aromatic carbocycles. The van der Waals surface area contributed by atoms with Gasteiger partial charge in [-0.05, 0) is 43.3 Å². The van der Waals surface area contributed by atoms with Crippen LogP contribution in [-0.2, 0) is 6.54 Å². The predicted octanol–water partition coefficient (Wildman–Crippen LogP) is 4.66. The van der Waals surface area contributed by atoms with Crippen LogP contribution in [0.25, 0.3) is 11.3 Å². The Labute approximate surface area is 123 Å². The van der Waals surface area contributed by atoms with Gasteiger partial charge in [0.15, 0.2) is 0 Å². The highest BCUT2D eigenvalue weighted by atomic mass is 35.5. The van der Waals surface area contributed by atoms with E-state index < -0.39 is 5.82 Å². The fraction of sp³-hybridized carbons (Fsp3) is 0.286. The molecule has 1 heterocycles. The smallest absolute Gasteiger partial charge is 0.141 e. The van der Waals surface area contributed by atoms with E-state index in [4.69, 9.17) is 16.0 Å². The van der Waals surface area contributed by atoms with Gasteiger partial charge >= 0.3 is 0 Å². The summed E-state index contributed by atoms with van der Waals surface area (Å²) in [6.07, 6.45) is 1.08. The number of nitrogens with one attached hydrogen (secondary N) is 1. The molecule has 0 aliphatic heterocycles. The summed E-state index contributed by atoms with van der Waals surface area (Å²) in [5.74, 6) is 1.14. The zero-order chi connectivity index (χ0) is 13.0. The molecule has 0 saturated heterocycles. The highest BCUT2D eigenvalue weighted by molar-refractivity contribution is 6.31. The van der Waals surface area contributed by atoms with Crippen LogP contribution in [0.3, 0.4) is 0 Å². The molecule has 0 aliphatic carbocycles. The number of furan rings is 1. The number of benzene rings is 1. The SMILES string of the molecule is CCCNCc1ccc(-c2ccc(F)c(Cl)c2)o1.Cl. The van der Waals surface area contributed by atoms with Crippen LogP contribution >= 0.6 is 24.0 Å². The topological polar surface area (TPSA) is 25.2 Å². The fourth-order valence-corrected chi connectivity index (χ4v) is 1.85. The van der Waals surface area contributed by atoms with Gasteiger partial charge in [0.1, 0.15) is 17.3 Å². The number of hydrogen-bond acceptors (Lipinski definition) is 2. The van der Waals surface area contributed by atoms with Gasteiger partial charge in [-0.1, -0.05) is 18.5 Å². The van der Waals surface area contributed by atoms with Gasteiger partial charge in [0.05, 0.1) is 11.6 Å². The van der Waals surface area contributed by atoms with Crippen LogP contribution in [0.15, 0.2) is 34.7 Å². The van der Waals surface area contributed by atoms with Crippen LogP contribution in [0, 0.1) is 5.82 Å². The Kier molecular flexibility index (Phi) is 6.35. The minimum Gasteiger partial charge on any atom is -0.460 e. The molecule has 0 unspecified atom stereocenters. The van der Waals surface area contributed by atoms with Crippen LogP contribution in [0.5, 0.6) is 0 Å². The maximum absolute atomic E-state index is 13.1. The summed E-state index contributed by atoms with van der Waals surface area (Å²) in [4.78, 5) is 0. The Morgan fingerprint density at radius 2 is 2.05 bits per heavy atom. The quantitative estimate of drug-likeness (QED) is 0.813. The van der Waals surface area contributed by atoms with Crippen molar-refractivity contribution >= 4 is 24.0 Å². The maximum atomic E-state index is 13.1. The first kappa shape index (κ1) is 16.0. The number of hydrogen-bond donors (Lipinski definition) is 1. The van der Waals surface area contributed by atoms with E-state index in [0.717, 1.165) is 24.3 Å². The summed E-state index contributed by atoms with van der Waals surface area (Å²) < 4.78 is 18.7. The van der Waals surface area contributed by atoms with Crippen molar-refractivity contribution in [2.24, 2.45) is 0 Å². The molecule has 2 nitrogen and oxygen atoms in total. The van der Waals surface area contributed by atoms with Gasteiger partial charge in [0.2, 0.25) is 0 Å². The first-order valence-corrected chi connectivity index (χ1v) is 6.33. The Balaban J connectivity index is 0.00000180. The number of halogens is 3. The van der Waals surface area contributed by atoms with Crippen molar-refractivity contribution in [3.8, 4) is 11.3 Å². The van der Waals surface area contributed by atoms with Crippen LogP contribution in [0.4, 0.5) is 4.39 Å². The molecule has 104 valence electrons. The van der Waals surface area contributed by atoms with Gasteiger partial charge in [-0.3, -0.25) is 0 Å². The zero-order valence-corrected chi connectivity index (χ0v) is 12.2. The molecule has 2 rings (SSSR count). The van der Waals surface area contributed by atoms with E-state index in [2.05, 4.69) is 12.2 Å². The first-order valence-electron chi connectivity index (χ1n) is 5.95. The van der Waals surface area contributed by atoms with Crippen LogP contribution < -0.4 is 5.32 Å². The second kappa shape index (κ2) is 7.53. The molecule has 0 atom stereocenters. The molecule has 0 spiro atoms. The molecule has 5 heteroatoms. The maximum Gasteiger partial charge on any atom is 0.141 e. The summed E-state index contributed by atoms with van der Waals surface area (Å²) in [5, 5.41) is 3.36. The lowest BCUT2D eigenvalue weighted by Crippen LogP contribution is -2.12. The molecular formula is C14H16Cl2FNO. The lowest BCUT2D eigenvalue weighted by atomic mass is 10.2. The molecule has 0 bridgehead atoms. The van der Waals surface area contributed by atoms with Gasteiger partial charge in [-0.15, -0.1) is 12.4 Å². The molecule has 0 saturated carbocycles. The van der Waals surface area contributed by atoms with Gasteiger partial charge in [0.25, 0.3) is 0 Å². The summed E-state index contributed by atoms with van der Waals surface area (Å²) in [6, 6.07) is 8.35. The normalized spacial score (nSPS) is 10.3. The molecule has 0 fully saturated rings. The second-order valence-corrected chi connectivity index (χ2v) is 4.48. The van der Waals surface area contributed by atoms with E-state index in [1.54, 1.807) is 12.1 Å². The third kappa shape index (κ3) is 4.23. The van der Waals surface area contributed by atoms with E-state index in [0.29, 0.717) is 12.3 Å². The van der Waals surface area contributed by atoms with E-state index in [1.165, 1.54) is 6.07 Å². The van der Waals surface area contributed by atoms with Crippen molar-refractivity contribution in [1.29, 1.82) is 0 Å². The average molecular weight is 304 g/mol. The molecule has 0 aliphatic rings. The molecule has 0 amide bonds. The fourth-order valence-electron chi connectivity index (χ4n) is 1.67. The monoisotopic (exact) mass is 303 g/mol. The summed E-state index contributed by atoms with van der Waals surface area (Å²) in [6.45, 7) is 3.77. The van der Waals surface area contributed by atoms with Crippen molar-refractivity contribution < 1.29 is 8.81 Å². The van der Waals surface area contributed by atoms with Gasteiger partial charge in [0, 0.05) is 5.56 Å². The number of rotatable bonds is 5. The minimum absolute atomic E-state index is 0. The summed E-state index contributed by atoms with van der Waals surface area (Å²) >= 11 is 5.74. The Morgan fingerprint density at radius 1 is 1.26 bits per heavy atom. The summed E-state index contributed by atoms with van der Waals surface area (Å²) in [5.41, 5.74) is 0.781. The lowest BCUT2D eigenvalue weighted by Gasteiger charge is -2.01. The first-order chi connectivity index (χ1) is 8.70. The van der Waals surface area contributed by atoms with E-state index in [1.807, 2.05) is 12.1 Å². The van der Waals surface area contributed by atoms with E-state index >= 15 is 0 Å². The Morgan fingerprint density at radius 3 is 2.74 bits per heavy atom. The standard InChI is InChI=1S/C14H15ClFNO.ClH/c1-2-7-17-9-11-4-6-14(18-11)10-3-5-13(16)12(15)8-10;/h3-6,8,17H,2,7,9H2,1H3;1H. The lowest BCUT2D eigenvalue weighted by molar-refractivity contribution is 0.493. The van der Waals surface area contributed by atoms with Gasteiger partial charge in [-0.25, -0.2) is 4.39 Å².